The van der Waals surface area contributed by atoms with Crippen LogP contribution >= 0.6 is 11.6 Å². The van der Waals surface area contributed by atoms with Crippen molar-refractivity contribution in [1.29, 1.82) is 0 Å². The maximum absolute atomic E-state index is 13.0. The molecule has 1 saturated heterocycles. The van der Waals surface area contributed by atoms with Crippen molar-refractivity contribution in [2.24, 2.45) is 0 Å². The van der Waals surface area contributed by atoms with Crippen molar-refractivity contribution in [3.05, 3.63) is 83.8 Å². The second-order valence-corrected chi connectivity index (χ2v) is 9.42. The Bertz CT molecular complexity index is 1740. The lowest BCUT2D eigenvalue weighted by atomic mass is 10.1. The minimum Gasteiger partial charge on any atom is -0.468 e. The molecule has 0 radical (unpaired) electrons. The molecule has 2 amide bonds. The molecule has 4 heterocycles. The average Bonchev–Trinajstić information content (AvgIpc) is 3.36. The summed E-state index contributed by atoms with van der Waals surface area (Å²) >= 11 is 5.92. The quantitative estimate of drug-likeness (QED) is 0.232. The predicted molar refractivity (Wildman–Crippen MR) is 145 cm³/mol. The van der Waals surface area contributed by atoms with E-state index < -0.39 is 17.8 Å². The van der Waals surface area contributed by atoms with Gasteiger partial charge in [0.1, 0.15) is 11.9 Å². The van der Waals surface area contributed by atoms with E-state index in [1.165, 1.54) is 12.4 Å². The summed E-state index contributed by atoms with van der Waals surface area (Å²) in [5.74, 6) is 0.925. The highest BCUT2D eigenvalue weighted by molar-refractivity contribution is 6.33. The van der Waals surface area contributed by atoms with Gasteiger partial charge in [-0.2, -0.15) is 13.2 Å². The molecule has 1 fully saturated rings. The Morgan fingerprint density at radius 1 is 0.976 bits per heavy atom. The number of nitrogens with zero attached hydrogens (tertiary/aromatic N) is 5. The maximum atomic E-state index is 13.0. The molecule has 1 aliphatic heterocycles. The number of hydrogen-bond acceptors (Lipinski definition) is 8. The lowest BCUT2D eigenvalue weighted by Crippen LogP contribution is -2.38. The topological polar surface area (TPSA) is 125 Å². The molecule has 1 aliphatic rings. The number of nitrogens with one attached hydrogen (secondary N) is 2. The van der Waals surface area contributed by atoms with Crippen molar-refractivity contribution in [2.75, 3.05) is 23.8 Å². The summed E-state index contributed by atoms with van der Waals surface area (Å²) in [4.78, 5) is 24.8. The number of fused-ring (bicyclic) bond motifs is 1. The largest absolute Gasteiger partial charge is 0.468 e. The zero-order valence-corrected chi connectivity index (χ0v) is 22.1. The van der Waals surface area contributed by atoms with Crippen LogP contribution in [0, 0.1) is 0 Å². The number of carbonyl (C=O) groups excluding carboxylic acids is 1. The fourth-order valence-electron chi connectivity index (χ4n) is 3.88. The molecular formula is C27H19ClF3N7O4. The van der Waals surface area contributed by atoms with E-state index >= 15 is 0 Å². The number of rotatable bonds is 7. The third-order valence-electron chi connectivity index (χ3n) is 6.02. The lowest BCUT2D eigenvalue weighted by Gasteiger charge is -2.25. The highest BCUT2D eigenvalue weighted by atomic mass is 35.5. The third-order valence-corrected chi connectivity index (χ3v) is 6.35. The molecule has 0 saturated carbocycles. The summed E-state index contributed by atoms with van der Waals surface area (Å²) in [6.07, 6.45) is -0.323. The molecule has 42 heavy (non-hydrogen) atoms. The van der Waals surface area contributed by atoms with Crippen LogP contribution in [-0.2, 0) is 10.9 Å². The van der Waals surface area contributed by atoms with E-state index in [2.05, 4.69) is 30.7 Å². The van der Waals surface area contributed by atoms with E-state index in [1.807, 2.05) is 18.2 Å². The first-order valence-electron chi connectivity index (χ1n) is 12.4. The van der Waals surface area contributed by atoms with Gasteiger partial charge in [-0.25, -0.2) is 24.3 Å². The minimum absolute atomic E-state index is 0.00728. The molecule has 0 spiro atoms. The van der Waals surface area contributed by atoms with E-state index in [4.69, 9.17) is 25.8 Å². The van der Waals surface area contributed by atoms with Crippen LogP contribution in [0.15, 0.2) is 73.2 Å². The number of amides is 2. The Hall–Kier alpha value is -4.95. The van der Waals surface area contributed by atoms with Crippen LogP contribution in [-0.4, -0.2) is 49.9 Å². The van der Waals surface area contributed by atoms with Crippen molar-refractivity contribution in [3.8, 4) is 28.9 Å². The Kier molecular flexibility index (Phi) is 7.22. The van der Waals surface area contributed by atoms with E-state index in [-0.39, 0.29) is 28.5 Å². The number of aromatic nitrogens is 5. The van der Waals surface area contributed by atoms with Gasteiger partial charge in [-0.05, 0) is 48.5 Å². The molecule has 6 rings (SSSR count). The molecule has 0 unspecified atom stereocenters. The number of imidazole rings is 1. The van der Waals surface area contributed by atoms with Gasteiger partial charge in [0, 0.05) is 11.6 Å². The lowest BCUT2D eigenvalue weighted by molar-refractivity contribution is -0.137. The first kappa shape index (κ1) is 27.2. The molecule has 2 N–H and O–H groups in total. The van der Waals surface area contributed by atoms with Crippen molar-refractivity contribution >= 4 is 34.7 Å². The highest BCUT2D eigenvalue weighted by Gasteiger charge is 2.31. The molecule has 2 aromatic carbocycles. The summed E-state index contributed by atoms with van der Waals surface area (Å²) in [6.45, 7) is 1.07. The summed E-state index contributed by atoms with van der Waals surface area (Å²) < 4.78 is 57.2. The predicted octanol–water partition coefficient (Wildman–Crippen LogP) is 6.07. The zero-order valence-electron chi connectivity index (χ0n) is 21.3. The van der Waals surface area contributed by atoms with Crippen LogP contribution in [0.5, 0.6) is 17.6 Å². The third kappa shape index (κ3) is 6.04. The van der Waals surface area contributed by atoms with Crippen LogP contribution in [0.2, 0.25) is 5.02 Å². The molecule has 5 aromatic rings. The summed E-state index contributed by atoms with van der Waals surface area (Å²) in [5, 5.41) is 9.18. The van der Waals surface area contributed by atoms with E-state index in [9.17, 15) is 18.0 Å². The maximum Gasteiger partial charge on any atom is 0.416 e. The van der Waals surface area contributed by atoms with Crippen LogP contribution < -0.4 is 20.1 Å². The fraction of sp³-hybridized carbons (Fsp3) is 0.148. The molecular weight excluding hydrogens is 579 g/mol. The van der Waals surface area contributed by atoms with E-state index in [0.717, 1.165) is 29.5 Å². The monoisotopic (exact) mass is 597 g/mol. The standard InChI is InChI=1S/C27H19ClF3N7O4/c28-20-6-3-16(27(29,30)31)9-21(20)36-25(39)35-17-10-33-26(34-11-17)42-18-4-1-15(2-5-18)22-12-32-23-7-8-24(37-38(22)23)41-19-13-40-14-19/h1-12,19H,13-14H2,(H2,35,36,39). The van der Waals surface area contributed by atoms with Crippen molar-refractivity contribution < 1.29 is 32.2 Å². The summed E-state index contributed by atoms with van der Waals surface area (Å²) in [6, 6.07) is 12.5. The second-order valence-electron chi connectivity index (χ2n) is 9.01. The Morgan fingerprint density at radius 2 is 1.74 bits per heavy atom. The molecule has 0 aliphatic carbocycles. The van der Waals surface area contributed by atoms with Crippen LogP contribution in [0.4, 0.5) is 29.3 Å². The summed E-state index contributed by atoms with van der Waals surface area (Å²) in [7, 11) is 0. The molecule has 15 heteroatoms. The fourth-order valence-corrected chi connectivity index (χ4v) is 4.05. The van der Waals surface area contributed by atoms with Gasteiger partial charge in [-0.1, -0.05) is 11.6 Å². The number of ether oxygens (including phenoxy) is 3. The zero-order chi connectivity index (χ0) is 29.3. The van der Waals surface area contributed by atoms with Gasteiger partial charge in [0.2, 0.25) is 5.88 Å². The van der Waals surface area contributed by atoms with Crippen molar-refractivity contribution in [1.82, 2.24) is 24.6 Å². The number of anilines is 2. The van der Waals surface area contributed by atoms with E-state index in [0.29, 0.717) is 30.5 Å². The number of halogens is 4. The smallest absolute Gasteiger partial charge is 0.416 e. The van der Waals surface area contributed by atoms with E-state index in [1.54, 1.807) is 28.9 Å². The first-order valence-corrected chi connectivity index (χ1v) is 12.7. The van der Waals surface area contributed by atoms with Crippen molar-refractivity contribution in [2.45, 2.75) is 12.3 Å². The van der Waals surface area contributed by atoms with Gasteiger partial charge in [0.15, 0.2) is 5.65 Å². The Morgan fingerprint density at radius 3 is 2.43 bits per heavy atom. The molecule has 0 atom stereocenters. The van der Waals surface area contributed by atoms with Gasteiger partial charge in [-0.3, -0.25) is 0 Å². The highest BCUT2D eigenvalue weighted by Crippen LogP contribution is 2.34. The van der Waals surface area contributed by atoms with Gasteiger partial charge in [0.05, 0.1) is 59.5 Å². The SMILES string of the molecule is O=C(Nc1cnc(Oc2ccc(-c3cnc4ccc(OC5COC5)nn34)cc2)nc1)Nc1cc(C(F)(F)F)ccc1Cl. The number of urea groups is 1. The number of benzene rings is 2. The van der Waals surface area contributed by atoms with Crippen LogP contribution in [0.1, 0.15) is 5.56 Å². The van der Waals surface area contributed by atoms with Gasteiger partial charge in [0.25, 0.3) is 0 Å². The van der Waals surface area contributed by atoms with Gasteiger partial charge < -0.3 is 24.8 Å². The first-order chi connectivity index (χ1) is 20.2. The molecule has 3 aromatic heterocycles. The normalized spacial score (nSPS) is 13.4. The average molecular weight is 598 g/mol. The minimum atomic E-state index is -4.59. The van der Waals surface area contributed by atoms with Crippen LogP contribution in [0.3, 0.4) is 0 Å². The summed E-state index contributed by atoms with van der Waals surface area (Å²) in [5.41, 5.74) is 1.27. The Labute approximate surface area is 240 Å². The van der Waals surface area contributed by atoms with Gasteiger partial charge in [-0.15, -0.1) is 5.10 Å². The Balaban J connectivity index is 1.08. The molecule has 11 nitrogen and oxygen atoms in total. The second kappa shape index (κ2) is 11.1. The number of alkyl halides is 3. The van der Waals surface area contributed by atoms with Crippen LogP contribution in [0.25, 0.3) is 16.9 Å². The molecule has 0 bridgehead atoms. The number of hydrogen-bond donors (Lipinski definition) is 2. The number of carbonyl (C=O) groups is 1. The van der Waals surface area contributed by atoms with Crippen molar-refractivity contribution in [3.63, 3.8) is 0 Å². The van der Waals surface area contributed by atoms with Gasteiger partial charge >= 0.3 is 18.2 Å². The molecule has 214 valence electrons.